The zero-order chi connectivity index (χ0) is 14.1. The molecule has 6 heteroatoms. The van der Waals surface area contributed by atoms with E-state index in [1.807, 2.05) is 23.7 Å². The van der Waals surface area contributed by atoms with Crippen LogP contribution in [0, 0.1) is 0 Å². The topological polar surface area (TPSA) is 38.2 Å². The maximum Gasteiger partial charge on any atom is 0.138 e. The van der Waals surface area contributed by atoms with Crippen LogP contribution in [0.15, 0.2) is 36.1 Å². The van der Waals surface area contributed by atoms with E-state index < -0.39 is 0 Å². The van der Waals surface area contributed by atoms with Crippen LogP contribution in [0.25, 0.3) is 0 Å². The smallest absolute Gasteiger partial charge is 0.138 e. The van der Waals surface area contributed by atoms with Crippen molar-refractivity contribution in [3.63, 3.8) is 0 Å². The molecule has 110 valence electrons. The van der Waals surface area contributed by atoms with Crippen LogP contribution < -0.4 is 4.74 Å². The van der Waals surface area contributed by atoms with Gasteiger partial charge in [0.25, 0.3) is 0 Å². The van der Waals surface area contributed by atoms with Crippen molar-refractivity contribution < 1.29 is 4.74 Å². The van der Waals surface area contributed by atoms with E-state index in [1.54, 1.807) is 23.7 Å². The van der Waals surface area contributed by atoms with Crippen LogP contribution >= 0.6 is 23.1 Å². The van der Waals surface area contributed by atoms with Crippen LogP contribution in [0.3, 0.4) is 0 Å². The van der Waals surface area contributed by atoms with Crippen LogP contribution in [0.4, 0.5) is 0 Å². The predicted octanol–water partition coefficient (Wildman–Crippen LogP) is 2.68. The van der Waals surface area contributed by atoms with Gasteiger partial charge in [0, 0.05) is 47.8 Å². The van der Waals surface area contributed by atoms with Crippen molar-refractivity contribution in [3.05, 3.63) is 41.1 Å². The summed E-state index contributed by atoms with van der Waals surface area (Å²) >= 11 is 3.81. The Labute approximate surface area is 132 Å². The summed E-state index contributed by atoms with van der Waals surface area (Å²) in [6.45, 7) is 3.31. The molecule has 2 saturated heterocycles. The Balaban J connectivity index is 1.29. The molecule has 2 fully saturated rings. The molecule has 4 heterocycles. The number of thiazole rings is 1. The first-order valence-electron chi connectivity index (χ1n) is 7.13. The van der Waals surface area contributed by atoms with Gasteiger partial charge in [0.15, 0.2) is 0 Å². The van der Waals surface area contributed by atoms with Gasteiger partial charge in [-0.15, -0.1) is 23.1 Å². The molecule has 0 aromatic carbocycles. The molecule has 21 heavy (non-hydrogen) atoms. The number of pyridine rings is 1. The summed E-state index contributed by atoms with van der Waals surface area (Å²) in [4.78, 5) is 11.0. The van der Waals surface area contributed by atoms with E-state index in [-0.39, 0.29) is 0 Å². The third-order valence-corrected chi connectivity index (χ3v) is 6.32. The highest BCUT2D eigenvalue weighted by Crippen LogP contribution is 2.46. The summed E-state index contributed by atoms with van der Waals surface area (Å²) in [6, 6.07) is 3.91. The molecule has 1 spiro atoms. The fraction of sp³-hybridized carbons (Fsp3) is 0.467. The lowest BCUT2D eigenvalue weighted by molar-refractivity contribution is 0.0919. The predicted molar refractivity (Wildman–Crippen MR) is 85.9 cm³/mol. The van der Waals surface area contributed by atoms with E-state index >= 15 is 0 Å². The van der Waals surface area contributed by atoms with E-state index in [4.69, 9.17) is 4.74 Å². The number of likely N-dealkylation sites (tertiary alicyclic amines) is 1. The van der Waals surface area contributed by atoms with Crippen molar-refractivity contribution in [2.45, 2.75) is 23.8 Å². The summed E-state index contributed by atoms with van der Waals surface area (Å²) in [6.07, 6.45) is 6.92. The van der Waals surface area contributed by atoms with E-state index in [9.17, 15) is 0 Å². The summed E-state index contributed by atoms with van der Waals surface area (Å²) in [5, 5.41) is 3.27. The molecular weight excluding hydrogens is 302 g/mol. The van der Waals surface area contributed by atoms with Crippen LogP contribution in [-0.2, 0) is 6.54 Å². The Morgan fingerprint density at radius 1 is 1.38 bits per heavy atom. The van der Waals surface area contributed by atoms with Gasteiger partial charge in [-0.2, -0.15) is 0 Å². The largest absolute Gasteiger partial charge is 0.488 e. The third-order valence-electron chi connectivity index (χ3n) is 3.98. The van der Waals surface area contributed by atoms with Gasteiger partial charge in [0.05, 0.1) is 12.7 Å². The highest BCUT2D eigenvalue weighted by molar-refractivity contribution is 8.01. The maximum absolute atomic E-state index is 6.04. The lowest BCUT2D eigenvalue weighted by atomic mass is 9.93. The lowest BCUT2D eigenvalue weighted by Crippen LogP contribution is -2.58. The molecule has 4 nitrogen and oxygen atoms in total. The lowest BCUT2D eigenvalue weighted by Gasteiger charge is -2.47. The Bertz CT molecular complexity index is 584. The number of hydrogen-bond donors (Lipinski definition) is 0. The van der Waals surface area contributed by atoms with E-state index in [1.165, 1.54) is 5.01 Å². The standard InChI is InChI=1S/C15H17N3OS2/c1-2-12(7-16-3-1)19-13-6-15(21-9-13)10-18(11-15)8-14-17-4-5-20-14/h1-5,7,13H,6,8-11H2/t13-/m0/s1. The molecule has 2 aromatic rings. The molecular formula is C15H17N3OS2. The molecule has 1 atom stereocenters. The minimum Gasteiger partial charge on any atom is -0.488 e. The minimum absolute atomic E-state index is 0.321. The van der Waals surface area contributed by atoms with Crippen LogP contribution in [0.1, 0.15) is 11.4 Å². The monoisotopic (exact) mass is 319 g/mol. The van der Waals surface area contributed by atoms with Gasteiger partial charge in [-0.1, -0.05) is 0 Å². The fourth-order valence-electron chi connectivity index (χ4n) is 3.11. The molecule has 0 N–H and O–H groups in total. The second kappa shape index (κ2) is 5.59. The molecule has 4 rings (SSSR count). The number of thioether (sulfide) groups is 1. The number of aromatic nitrogens is 2. The van der Waals surface area contributed by atoms with E-state index in [0.29, 0.717) is 10.9 Å². The number of ether oxygens (including phenoxy) is 1. The van der Waals surface area contributed by atoms with Gasteiger partial charge in [0.2, 0.25) is 0 Å². The Hall–Kier alpha value is -1.11. The molecule has 0 bridgehead atoms. The summed E-state index contributed by atoms with van der Waals surface area (Å²) in [5.41, 5.74) is 0. The third kappa shape index (κ3) is 2.93. The first-order chi connectivity index (χ1) is 10.3. The summed E-state index contributed by atoms with van der Waals surface area (Å²) in [7, 11) is 0. The first-order valence-corrected chi connectivity index (χ1v) is 8.99. The number of hydrogen-bond acceptors (Lipinski definition) is 6. The van der Waals surface area contributed by atoms with Crippen molar-refractivity contribution in [3.8, 4) is 5.75 Å². The molecule has 2 aliphatic rings. The van der Waals surface area contributed by atoms with E-state index in [2.05, 4.69) is 26.6 Å². The van der Waals surface area contributed by atoms with Gasteiger partial charge in [-0.3, -0.25) is 9.88 Å². The fourth-order valence-corrected chi connectivity index (χ4v) is 5.35. The second-order valence-electron chi connectivity index (χ2n) is 5.70. The highest BCUT2D eigenvalue weighted by atomic mass is 32.2. The zero-order valence-electron chi connectivity index (χ0n) is 11.6. The van der Waals surface area contributed by atoms with Gasteiger partial charge < -0.3 is 4.74 Å². The Morgan fingerprint density at radius 2 is 2.33 bits per heavy atom. The average Bonchev–Trinajstić information content (AvgIpc) is 3.10. The molecule has 2 aromatic heterocycles. The Morgan fingerprint density at radius 3 is 3.10 bits per heavy atom. The first kappa shape index (κ1) is 13.5. The maximum atomic E-state index is 6.04. The van der Waals surface area contributed by atoms with Crippen molar-refractivity contribution in [1.82, 2.24) is 14.9 Å². The van der Waals surface area contributed by atoms with Gasteiger partial charge in [0.1, 0.15) is 16.9 Å². The highest BCUT2D eigenvalue weighted by Gasteiger charge is 2.49. The second-order valence-corrected chi connectivity index (χ2v) is 8.16. The van der Waals surface area contributed by atoms with Crippen molar-refractivity contribution in [2.75, 3.05) is 18.8 Å². The SMILES string of the molecule is c1cncc(O[C@@H]2CSC3(C2)CN(Cc2nccs2)C3)c1. The molecule has 0 aliphatic carbocycles. The van der Waals surface area contributed by atoms with Crippen molar-refractivity contribution in [1.29, 1.82) is 0 Å². The summed E-state index contributed by atoms with van der Waals surface area (Å²) in [5.74, 6) is 1.97. The molecule has 0 radical (unpaired) electrons. The Kier molecular flexibility index (Phi) is 3.61. The molecule has 0 saturated carbocycles. The normalized spacial score (nSPS) is 24.1. The van der Waals surface area contributed by atoms with Crippen LogP contribution in [0.2, 0.25) is 0 Å². The van der Waals surface area contributed by atoms with E-state index in [0.717, 1.165) is 37.6 Å². The quantitative estimate of drug-likeness (QED) is 0.866. The van der Waals surface area contributed by atoms with Gasteiger partial charge in [-0.05, 0) is 12.1 Å². The van der Waals surface area contributed by atoms with Gasteiger partial charge >= 0.3 is 0 Å². The minimum atomic E-state index is 0.321. The molecule has 0 unspecified atom stereocenters. The van der Waals surface area contributed by atoms with Crippen LogP contribution in [-0.4, -0.2) is 44.6 Å². The van der Waals surface area contributed by atoms with Crippen molar-refractivity contribution in [2.24, 2.45) is 0 Å². The number of nitrogens with zero attached hydrogens (tertiary/aromatic N) is 3. The molecule has 2 aliphatic heterocycles. The van der Waals surface area contributed by atoms with Crippen molar-refractivity contribution >= 4 is 23.1 Å². The van der Waals surface area contributed by atoms with Crippen LogP contribution in [0.5, 0.6) is 5.75 Å². The zero-order valence-corrected chi connectivity index (χ0v) is 13.3. The van der Waals surface area contributed by atoms with Gasteiger partial charge in [-0.25, -0.2) is 4.98 Å². The number of rotatable bonds is 4. The average molecular weight is 319 g/mol. The summed E-state index contributed by atoms with van der Waals surface area (Å²) < 4.78 is 6.44. The molecule has 0 amide bonds.